The van der Waals surface area contributed by atoms with Crippen LogP contribution < -0.4 is 10.6 Å². The van der Waals surface area contributed by atoms with Crippen molar-refractivity contribution in [2.24, 2.45) is 0 Å². The molecule has 0 unspecified atom stereocenters. The highest BCUT2D eigenvalue weighted by atomic mass is 79.9. The normalized spacial score (nSPS) is 10.4. The van der Waals surface area contributed by atoms with Crippen LogP contribution in [0.5, 0.6) is 0 Å². The van der Waals surface area contributed by atoms with E-state index in [1.165, 1.54) is 6.07 Å². The van der Waals surface area contributed by atoms with Crippen molar-refractivity contribution in [2.45, 2.75) is 46.5 Å². The van der Waals surface area contributed by atoms with Crippen molar-refractivity contribution >= 4 is 51.1 Å². The predicted octanol–water partition coefficient (Wildman–Crippen LogP) is 4.92. The van der Waals surface area contributed by atoms with E-state index < -0.39 is 30.4 Å². The molecule has 2 amide bonds. The van der Waals surface area contributed by atoms with Gasteiger partial charge in [-0.15, -0.1) is 0 Å². The molecule has 0 spiro atoms. The lowest BCUT2D eigenvalue weighted by Gasteiger charge is -2.10. The average Bonchev–Trinajstić information content (AvgIpc) is 2.80. The first kappa shape index (κ1) is 27.0. The molecule has 0 radical (unpaired) electrons. The summed E-state index contributed by atoms with van der Waals surface area (Å²) in [5.41, 5.74) is 3.29. The highest BCUT2D eigenvalue weighted by Gasteiger charge is 2.13. The summed E-state index contributed by atoms with van der Waals surface area (Å²) in [7, 11) is 0. The number of unbranched alkanes of at least 4 members (excludes halogenated alkanes) is 1. The van der Waals surface area contributed by atoms with Gasteiger partial charge in [-0.25, -0.2) is 4.79 Å². The first-order chi connectivity index (χ1) is 16.2. The van der Waals surface area contributed by atoms with Crippen molar-refractivity contribution in [3.8, 4) is 0 Å². The molecular formula is C25H29BrN2O6. The molecule has 2 N–H and O–H groups in total. The van der Waals surface area contributed by atoms with Crippen LogP contribution in [0.2, 0.25) is 0 Å². The van der Waals surface area contributed by atoms with Crippen LogP contribution in [-0.2, 0) is 23.9 Å². The van der Waals surface area contributed by atoms with E-state index >= 15 is 0 Å². The molecule has 0 atom stereocenters. The zero-order chi connectivity index (χ0) is 25.1. The van der Waals surface area contributed by atoms with Crippen molar-refractivity contribution in [2.75, 3.05) is 23.8 Å². The molecular weight excluding hydrogens is 504 g/mol. The molecule has 8 nitrogen and oxygen atoms in total. The lowest BCUT2D eigenvalue weighted by Crippen LogP contribution is -2.22. The Balaban J connectivity index is 1.74. The summed E-state index contributed by atoms with van der Waals surface area (Å²) in [5, 5.41) is 5.31. The minimum absolute atomic E-state index is 0.128. The highest BCUT2D eigenvalue weighted by Crippen LogP contribution is 2.25. The SMILES string of the molecule is CCCCOC(=O)c1cccc(NC(=O)CCC(=O)OCC(=O)Nc2cc(C)c(Br)c(C)c2)c1. The third-order valence-electron chi connectivity index (χ3n) is 4.75. The molecule has 0 saturated carbocycles. The quantitative estimate of drug-likeness (QED) is 0.313. The first-order valence-corrected chi connectivity index (χ1v) is 11.8. The monoisotopic (exact) mass is 532 g/mol. The van der Waals surface area contributed by atoms with Crippen LogP contribution in [0.15, 0.2) is 40.9 Å². The average molecular weight is 533 g/mol. The summed E-state index contributed by atoms with van der Waals surface area (Å²) < 4.78 is 11.1. The lowest BCUT2D eigenvalue weighted by molar-refractivity contribution is -0.147. The van der Waals surface area contributed by atoms with E-state index in [1.54, 1.807) is 30.3 Å². The zero-order valence-electron chi connectivity index (χ0n) is 19.5. The zero-order valence-corrected chi connectivity index (χ0v) is 21.1. The number of esters is 2. The Morgan fingerprint density at radius 3 is 2.24 bits per heavy atom. The summed E-state index contributed by atoms with van der Waals surface area (Å²) in [6, 6.07) is 9.99. The van der Waals surface area contributed by atoms with Crippen molar-refractivity contribution in [1.82, 2.24) is 0 Å². The molecule has 182 valence electrons. The van der Waals surface area contributed by atoms with E-state index in [9.17, 15) is 19.2 Å². The third kappa shape index (κ3) is 8.97. The number of carbonyl (C=O) groups excluding carboxylic acids is 4. The summed E-state index contributed by atoms with van der Waals surface area (Å²) in [6.07, 6.45) is 1.38. The Labute approximate surface area is 207 Å². The number of aryl methyl sites for hydroxylation is 2. The van der Waals surface area contributed by atoms with Gasteiger partial charge in [0, 0.05) is 22.3 Å². The second-order valence-corrected chi connectivity index (χ2v) is 8.54. The molecule has 2 aromatic carbocycles. The van der Waals surface area contributed by atoms with Gasteiger partial charge in [-0.2, -0.15) is 0 Å². The van der Waals surface area contributed by atoms with Crippen LogP contribution in [0.3, 0.4) is 0 Å². The van der Waals surface area contributed by atoms with Crippen LogP contribution in [0.25, 0.3) is 0 Å². The number of rotatable bonds is 11. The van der Waals surface area contributed by atoms with Gasteiger partial charge in [-0.3, -0.25) is 14.4 Å². The van der Waals surface area contributed by atoms with E-state index in [0.717, 1.165) is 28.4 Å². The molecule has 0 fully saturated rings. The molecule has 2 aromatic rings. The van der Waals surface area contributed by atoms with Crippen molar-refractivity contribution < 1.29 is 28.7 Å². The molecule has 34 heavy (non-hydrogen) atoms. The number of benzene rings is 2. The molecule has 0 aliphatic rings. The van der Waals surface area contributed by atoms with Gasteiger partial charge in [0.05, 0.1) is 18.6 Å². The summed E-state index contributed by atoms with van der Waals surface area (Å²) >= 11 is 3.46. The smallest absolute Gasteiger partial charge is 0.338 e. The van der Waals surface area contributed by atoms with E-state index in [0.29, 0.717) is 23.5 Å². The van der Waals surface area contributed by atoms with Gasteiger partial charge in [-0.1, -0.05) is 35.3 Å². The van der Waals surface area contributed by atoms with Gasteiger partial charge < -0.3 is 20.1 Å². The topological polar surface area (TPSA) is 111 Å². The molecule has 9 heteroatoms. The highest BCUT2D eigenvalue weighted by molar-refractivity contribution is 9.10. The predicted molar refractivity (Wildman–Crippen MR) is 133 cm³/mol. The van der Waals surface area contributed by atoms with E-state index in [-0.39, 0.29) is 12.8 Å². The fraction of sp³-hybridized carbons (Fsp3) is 0.360. The largest absolute Gasteiger partial charge is 0.462 e. The number of nitrogens with one attached hydrogen (secondary N) is 2. The van der Waals surface area contributed by atoms with Crippen LogP contribution in [0.1, 0.15) is 54.1 Å². The maximum Gasteiger partial charge on any atom is 0.338 e. The fourth-order valence-electron chi connectivity index (χ4n) is 2.99. The second-order valence-electron chi connectivity index (χ2n) is 7.75. The Bertz CT molecular complexity index is 1030. The maximum atomic E-state index is 12.2. The van der Waals surface area contributed by atoms with E-state index in [1.807, 2.05) is 20.8 Å². The van der Waals surface area contributed by atoms with Crippen molar-refractivity contribution in [3.05, 3.63) is 57.6 Å². The minimum atomic E-state index is -0.665. The second kappa shape index (κ2) is 13.5. The molecule has 2 rings (SSSR count). The Morgan fingerprint density at radius 1 is 0.882 bits per heavy atom. The van der Waals surface area contributed by atoms with Crippen LogP contribution in [0, 0.1) is 13.8 Å². The first-order valence-electron chi connectivity index (χ1n) is 11.0. The molecule has 0 aliphatic heterocycles. The van der Waals surface area contributed by atoms with Gasteiger partial charge in [0.15, 0.2) is 6.61 Å². The standard InChI is InChI=1S/C25H29BrN2O6/c1-4-5-11-33-25(32)18-7-6-8-19(14-18)27-21(29)9-10-23(31)34-15-22(30)28-20-12-16(2)24(26)17(3)13-20/h6-8,12-14H,4-5,9-11,15H2,1-3H3,(H,27,29)(H,28,30). The number of halogens is 1. The van der Waals surface area contributed by atoms with Gasteiger partial charge >= 0.3 is 11.9 Å². The number of anilines is 2. The van der Waals surface area contributed by atoms with Gasteiger partial charge in [0.25, 0.3) is 5.91 Å². The fourth-order valence-corrected chi connectivity index (χ4v) is 3.22. The van der Waals surface area contributed by atoms with Crippen LogP contribution in [-0.4, -0.2) is 37.0 Å². The summed E-state index contributed by atoms with van der Waals surface area (Å²) in [4.78, 5) is 48.2. The number of ether oxygens (including phenoxy) is 2. The lowest BCUT2D eigenvalue weighted by atomic mass is 10.1. The van der Waals surface area contributed by atoms with Crippen molar-refractivity contribution in [1.29, 1.82) is 0 Å². The summed E-state index contributed by atoms with van der Waals surface area (Å²) in [5.74, 6) is -2.01. The third-order valence-corrected chi connectivity index (χ3v) is 6.00. The van der Waals surface area contributed by atoms with Gasteiger partial charge in [0.1, 0.15) is 0 Å². The maximum absolute atomic E-state index is 12.2. The number of hydrogen-bond acceptors (Lipinski definition) is 6. The molecule has 0 heterocycles. The Morgan fingerprint density at radius 2 is 1.56 bits per heavy atom. The van der Waals surface area contributed by atoms with E-state index in [4.69, 9.17) is 9.47 Å². The van der Waals surface area contributed by atoms with Gasteiger partial charge in [-0.05, 0) is 61.7 Å². The Kier molecular flexibility index (Phi) is 10.7. The van der Waals surface area contributed by atoms with Gasteiger partial charge in [0.2, 0.25) is 5.91 Å². The number of hydrogen-bond donors (Lipinski definition) is 2. The van der Waals surface area contributed by atoms with Crippen LogP contribution >= 0.6 is 15.9 Å². The molecule has 0 saturated heterocycles. The van der Waals surface area contributed by atoms with Crippen molar-refractivity contribution in [3.63, 3.8) is 0 Å². The summed E-state index contributed by atoms with van der Waals surface area (Å²) in [6.45, 7) is 5.71. The Hall–Kier alpha value is -3.20. The van der Waals surface area contributed by atoms with Crippen LogP contribution in [0.4, 0.5) is 11.4 Å². The minimum Gasteiger partial charge on any atom is -0.462 e. The molecule has 0 aliphatic carbocycles. The number of amides is 2. The molecule has 0 bridgehead atoms. The van der Waals surface area contributed by atoms with E-state index in [2.05, 4.69) is 26.6 Å². The molecule has 0 aromatic heterocycles. The number of carbonyl (C=O) groups is 4.